The van der Waals surface area contributed by atoms with Crippen LogP contribution in [0.3, 0.4) is 0 Å². The van der Waals surface area contributed by atoms with Crippen molar-refractivity contribution in [1.82, 2.24) is 5.32 Å². The first kappa shape index (κ1) is 11.4. The molecule has 0 aromatic carbocycles. The second-order valence-electron chi connectivity index (χ2n) is 5.18. The second kappa shape index (κ2) is 4.81. The van der Waals surface area contributed by atoms with Crippen molar-refractivity contribution in [3.63, 3.8) is 0 Å². The SMILES string of the molecule is CC1OCCC1NCC1(CCO)CCC1. The molecular weight excluding hydrogens is 190 g/mol. The molecule has 0 amide bonds. The van der Waals surface area contributed by atoms with Crippen LogP contribution in [0.4, 0.5) is 0 Å². The summed E-state index contributed by atoms with van der Waals surface area (Å²) in [6.45, 7) is 4.43. The van der Waals surface area contributed by atoms with E-state index in [1.807, 2.05) is 0 Å². The number of aliphatic hydroxyl groups is 1. The molecular formula is C12H23NO2. The highest BCUT2D eigenvalue weighted by molar-refractivity contribution is 4.91. The van der Waals surface area contributed by atoms with E-state index in [1.165, 1.54) is 19.3 Å². The van der Waals surface area contributed by atoms with Crippen molar-refractivity contribution < 1.29 is 9.84 Å². The van der Waals surface area contributed by atoms with Crippen LogP contribution < -0.4 is 5.32 Å². The van der Waals surface area contributed by atoms with Crippen LogP contribution in [0.1, 0.15) is 39.0 Å². The highest BCUT2D eigenvalue weighted by Gasteiger charge is 2.37. The standard InChI is InChI=1S/C12H23NO2/c1-10-11(3-8-15-10)13-9-12(6-7-14)4-2-5-12/h10-11,13-14H,2-9H2,1H3. The van der Waals surface area contributed by atoms with Gasteiger partial charge in [-0.05, 0) is 38.0 Å². The summed E-state index contributed by atoms with van der Waals surface area (Å²) in [6, 6.07) is 0.529. The summed E-state index contributed by atoms with van der Waals surface area (Å²) < 4.78 is 5.53. The van der Waals surface area contributed by atoms with Crippen LogP contribution >= 0.6 is 0 Å². The van der Waals surface area contributed by atoms with Crippen LogP contribution in [-0.4, -0.2) is 37.0 Å². The van der Waals surface area contributed by atoms with Gasteiger partial charge in [0, 0.05) is 25.8 Å². The first-order chi connectivity index (χ1) is 7.26. The average molecular weight is 213 g/mol. The highest BCUT2D eigenvalue weighted by Crippen LogP contribution is 2.43. The molecule has 2 fully saturated rings. The Labute approximate surface area is 92.2 Å². The van der Waals surface area contributed by atoms with Gasteiger partial charge in [0.25, 0.3) is 0 Å². The first-order valence-corrected chi connectivity index (χ1v) is 6.22. The van der Waals surface area contributed by atoms with Crippen LogP contribution in [-0.2, 0) is 4.74 Å². The van der Waals surface area contributed by atoms with Gasteiger partial charge in [0.2, 0.25) is 0 Å². The summed E-state index contributed by atoms with van der Waals surface area (Å²) in [4.78, 5) is 0. The monoisotopic (exact) mass is 213 g/mol. The van der Waals surface area contributed by atoms with Crippen molar-refractivity contribution in [1.29, 1.82) is 0 Å². The lowest BCUT2D eigenvalue weighted by atomic mass is 9.66. The van der Waals surface area contributed by atoms with Gasteiger partial charge >= 0.3 is 0 Å². The fourth-order valence-corrected chi connectivity index (χ4v) is 2.78. The zero-order valence-electron chi connectivity index (χ0n) is 9.67. The third-order valence-corrected chi connectivity index (χ3v) is 4.17. The van der Waals surface area contributed by atoms with Crippen LogP contribution in [0.5, 0.6) is 0 Å². The summed E-state index contributed by atoms with van der Waals surface area (Å²) in [6.07, 6.45) is 6.35. The average Bonchev–Trinajstić information content (AvgIpc) is 2.56. The van der Waals surface area contributed by atoms with E-state index in [0.29, 0.717) is 24.2 Å². The van der Waals surface area contributed by atoms with E-state index in [1.54, 1.807) is 0 Å². The molecule has 0 radical (unpaired) electrons. The minimum Gasteiger partial charge on any atom is -0.396 e. The Balaban J connectivity index is 1.75. The summed E-state index contributed by atoms with van der Waals surface area (Å²) in [5.74, 6) is 0. The van der Waals surface area contributed by atoms with Gasteiger partial charge in [-0.15, -0.1) is 0 Å². The minimum absolute atomic E-state index is 0.332. The van der Waals surface area contributed by atoms with Crippen molar-refractivity contribution in [3.8, 4) is 0 Å². The van der Waals surface area contributed by atoms with Gasteiger partial charge in [0.1, 0.15) is 0 Å². The lowest BCUT2D eigenvalue weighted by Gasteiger charge is -2.42. The molecule has 1 aliphatic heterocycles. The molecule has 88 valence electrons. The molecule has 0 aromatic heterocycles. The zero-order valence-corrected chi connectivity index (χ0v) is 9.67. The molecule has 2 rings (SSSR count). The Morgan fingerprint density at radius 2 is 2.27 bits per heavy atom. The molecule has 2 atom stereocenters. The summed E-state index contributed by atoms with van der Waals surface area (Å²) in [7, 11) is 0. The second-order valence-corrected chi connectivity index (χ2v) is 5.18. The van der Waals surface area contributed by atoms with E-state index in [0.717, 1.165) is 26.0 Å². The molecule has 1 aliphatic carbocycles. The Morgan fingerprint density at radius 1 is 1.47 bits per heavy atom. The highest BCUT2D eigenvalue weighted by atomic mass is 16.5. The maximum Gasteiger partial charge on any atom is 0.0700 e. The van der Waals surface area contributed by atoms with Crippen molar-refractivity contribution in [2.24, 2.45) is 5.41 Å². The van der Waals surface area contributed by atoms with Crippen molar-refractivity contribution in [2.75, 3.05) is 19.8 Å². The van der Waals surface area contributed by atoms with Gasteiger partial charge in [0.15, 0.2) is 0 Å². The number of hydrogen-bond acceptors (Lipinski definition) is 3. The number of nitrogens with one attached hydrogen (secondary N) is 1. The zero-order chi connectivity index (χ0) is 10.7. The van der Waals surface area contributed by atoms with Crippen molar-refractivity contribution in [2.45, 2.75) is 51.2 Å². The predicted octanol–water partition coefficient (Wildman–Crippen LogP) is 1.31. The normalized spacial score (nSPS) is 34.0. The molecule has 0 aromatic rings. The quantitative estimate of drug-likeness (QED) is 0.723. The first-order valence-electron chi connectivity index (χ1n) is 6.22. The molecule has 0 bridgehead atoms. The molecule has 1 saturated carbocycles. The van der Waals surface area contributed by atoms with Crippen LogP contribution in [0.2, 0.25) is 0 Å². The van der Waals surface area contributed by atoms with E-state index in [4.69, 9.17) is 9.84 Å². The van der Waals surface area contributed by atoms with Crippen LogP contribution in [0.15, 0.2) is 0 Å². The van der Waals surface area contributed by atoms with E-state index in [9.17, 15) is 0 Å². The summed E-state index contributed by atoms with van der Waals surface area (Å²) in [5.41, 5.74) is 0.400. The number of rotatable bonds is 5. The molecule has 2 unspecified atom stereocenters. The van der Waals surface area contributed by atoms with Gasteiger partial charge in [-0.25, -0.2) is 0 Å². The number of aliphatic hydroxyl groups excluding tert-OH is 1. The largest absolute Gasteiger partial charge is 0.396 e. The van der Waals surface area contributed by atoms with Crippen LogP contribution in [0, 0.1) is 5.41 Å². The molecule has 1 saturated heterocycles. The van der Waals surface area contributed by atoms with E-state index in [2.05, 4.69) is 12.2 Å². The summed E-state index contributed by atoms with van der Waals surface area (Å²) in [5, 5.41) is 12.7. The maximum atomic E-state index is 9.06. The van der Waals surface area contributed by atoms with Gasteiger partial charge in [-0.3, -0.25) is 0 Å². The number of ether oxygens (including phenoxy) is 1. The van der Waals surface area contributed by atoms with Gasteiger partial charge in [-0.1, -0.05) is 6.42 Å². The Hall–Kier alpha value is -0.120. The lowest BCUT2D eigenvalue weighted by molar-refractivity contribution is 0.0724. The molecule has 15 heavy (non-hydrogen) atoms. The third-order valence-electron chi connectivity index (χ3n) is 4.17. The van der Waals surface area contributed by atoms with Crippen molar-refractivity contribution >= 4 is 0 Å². The minimum atomic E-state index is 0.332. The number of hydrogen-bond donors (Lipinski definition) is 2. The fourth-order valence-electron chi connectivity index (χ4n) is 2.78. The van der Waals surface area contributed by atoms with Gasteiger partial charge in [0.05, 0.1) is 6.10 Å². The Morgan fingerprint density at radius 3 is 2.73 bits per heavy atom. The Kier molecular flexibility index (Phi) is 3.65. The van der Waals surface area contributed by atoms with Gasteiger partial charge < -0.3 is 15.2 Å². The summed E-state index contributed by atoms with van der Waals surface area (Å²) >= 11 is 0. The topological polar surface area (TPSA) is 41.5 Å². The van der Waals surface area contributed by atoms with Crippen molar-refractivity contribution in [3.05, 3.63) is 0 Å². The molecule has 3 nitrogen and oxygen atoms in total. The van der Waals surface area contributed by atoms with E-state index in [-0.39, 0.29) is 0 Å². The maximum absolute atomic E-state index is 9.06. The molecule has 2 aliphatic rings. The predicted molar refractivity (Wildman–Crippen MR) is 59.8 cm³/mol. The van der Waals surface area contributed by atoms with Crippen LogP contribution in [0.25, 0.3) is 0 Å². The molecule has 3 heteroatoms. The molecule has 0 spiro atoms. The lowest BCUT2D eigenvalue weighted by Crippen LogP contribution is -2.46. The van der Waals surface area contributed by atoms with Gasteiger partial charge in [-0.2, -0.15) is 0 Å². The Bertz CT molecular complexity index is 204. The van der Waals surface area contributed by atoms with E-state index < -0.39 is 0 Å². The smallest absolute Gasteiger partial charge is 0.0700 e. The molecule has 2 N–H and O–H groups in total. The third kappa shape index (κ3) is 2.52. The molecule has 1 heterocycles. The van der Waals surface area contributed by atoms with E-state index >= 15 is 0 Å². The fraction of sp³-hybridized carbons (Fsp3) is 1.00.